The molecule has 4 atom stereocenters. The van der Waals surface area contributed by atoms with Crippen molar-refractivity contribution in [3.63, 3.8) is 0 Å². The second-order valence-corrected chi connectivity index (χ2v) is 6.47. The van der Waals surface area contributed by atoms with Crippen molar-refractivity contribution in [1.82, 2.24) is 0 Å². The molecule has 0 unspecified atom stereocenters. The molecule has 1 rings (SSSR count). The minimum atomic E-state index is -1.08. The molecule has 1 heterocycles. The van der Waals surface area contributed by atoms with E-state index >= 15 is 0 Å². The average Bonchev–Trinajstić information content (AvgIpc) is 2.42. The summed E-state index contributed by atoms with van der Waals surface area (Å²) in [5, 5.41) is -0.554. The molecule has 1 fully saturated rings. The standard InChI is InChI=1S/C15H20O8S/c1-7-13(21-9(3)17)15(23-11(5)19)14(22-10(4)18)12(24-7)6-20-8(2)16/h12-15H,1,6H2,2-5H3/t12-,13+,14+,15-/m1/s1. The highest BCUT2D eigenvalue weighted by Crippen LogP contribution is 2.39. The van der Waals surface area contributed by atoms with Crippen LogP contribution in [0.15, 0.2) is 11.5 Å². The zero-order valence-electron chi connectivity index (χ0n) is 13.9. The first-order valence-electron chi connectivity index (χ1n) is 7.12. The van der Waals surface area contributed by atoms with E-state index in [1.807, 2.05) is 0 Å². The van der Waals surface area contributed by atoms with Crippen molar-refractivity contribution >= 4 is 35.6 Å². The lowest BCUT2D eigenvalue weighted by Crippen LogP contribution is -2.54. The van der Waals surface area contributed by atoms with Crippen LogP contribution in [0.2, 0.25) is 0 Å². The number of rotatable bonds is 5. The first-order valence-corrected chi connectivity index (χ1v) is 8.00. The number of esters is 4. The highest BCUT2D eigenvalue weighted by atomic mass is 32.2. The molecule has 0 bridgehead atoms. The monoisotopic (exact) mass is 360 g/mol. The molecule has 0 aromatic rings. The van der Waals surface area contributed by atoms with E-state index in [0.717, 1.165) is 11.8 Å². The Kier molecular flexibility index (Phi) is 7.27. The first-order chi connectivity index (χ1) is 11.1. The van der Waals surface area contributed by atoms with Gasteiger partial charge in [-0.15, -0.1) is 11.8 Å². The van der Waals surface area contributed by atoms with Gasteiger partial charge in [0.2, 0.25) is 0 Å². The van der Waals surface area contributed by atoms with Gasteiger partial charge in [-0.2, -0.15) is 0 Å². The maximum Gasteiger partial charge on any atom is 0.303 e. The number of thioether (sulfide) groups is 1. The van der Waals surface area contributed by atoms with Crippen molar-refractivity contribution in [2.75, 3.05) is 6.61 Å². The van der Waals surface area contributed by atoms with Crippen LogP contribution >= 0.6 is 11.8 Å². The molecule has 0 N–H and O–H groups in total. The molecule has 134 valence electrons. The second-order valence-electron chi connectivity index (χ2n) is 5.10. The predicted molar refractivity (Wildman–Crippen MR) is 83.8 cm³/mol. The summed E-state index contributed by atoms with van der Waals surface area (Å²) < 4.78 is 20.6. The maximum absolute atomic E-state index is 11.4. The zero-order chi connectivity index (χ0) is 18.4. The van der Waals surface area contributed by atoms with Crippen LogP contribution in [0.4, 0.5) is 0 Å². The third kappa shape index (κ3) is 5.88. The van der Waals surface area contributed by atoms with Crippen molar-refractivity contribution in [3.8, 4) is 0 Å². The molecular weight excluding hydrogens is 340 g/mol. The molecule has 0 saturated carbocycles. The molecule has 24 heavy (non-hydrogen) atoms. The Bertz CT molecular complexity index is 544. The molecule has 0 aliphatic carbocycles. The SMILES string of the molecule is C=C1S[C@H](COC(C)=O)[C@H](OC(C)=O)[C@H](OC(C)=O)[C@H]1OC(C)=O. The topological polar surface area (TPSA) is 105 Å². The van der Waals surface area contributed by atoms with Crippen LogP contribution in [0.1, 0.15) is 27.7 Å². The van der Waals surface area contributed by atoms with E-state index in [-0.39, 0.29) is 6.61 Å². The summed E-state index contributed by atoms with van der Waals surface area (Å²) >= 11 is 1.14. The minimum Gasteiger partial charge on any atom is -0.465 e. The number of hydrogen-bond acceptors (Lipinski definition) is 9. The Morgan fingerprint density at radius 2 is 1.38 bits per heavy atom. The lowest BCUT2D eigenvalue weighted by Gasteiger charge is -2.40. The van der Waals surface area contributed by atoms with Crippen LogP contribution in [0.3, 0.4) is 0 Å². The summed E-state index contributed by atoms with van der Waals surface area (Å²) in [4.78, 5) is 45.6. The van der Waals surface area contributed by atoms with Gasteiger partial charge in [-0.25, -0.2) is 0 Å². The average molecular weight is 360 g/mol. The van der Waals surface area contributed by atoms with Crippen molar-refractivity contribution in [1.29, 1.82) is 0 Å². The number of carbonyl (C=O) groups is 4. The Hall–Kier alpha value is -2.03. The van der Waals surface area contributed by atoms with Crippen molar-refractivity contribution in [2.45, 2.75) is 51.3 Å². The summed E-state index contributed by atoms with van der Waals surface area (Å²) in [6, 6.07) is 0. The third-order valence-corrected chi connectivity index (χ3v) is 4.20. The molecule has 8 nitrogen and oxygen atoms in total. The third-order valence-electron chi connectivity index (χ3n) is 2.96. The molecule has 9 heteroatoms. The van der Waals surface area contributed by atoms with Gasteiger partial charge < -0.3 is 18.9 Å². The van der Waals surface area contributed by atoms with Crippen molar-refractivity contribution in [3.05, 3.63) is 11.5 Å². The van der Waals surface area contributed by atoms with Crippen LogP contribution in [0, 0.1) is 0 Å². The lowest BCUT2D eigenvalue weighted by molar-refractivity contribution is -0.181. The van der Waals surface area contributed by atoms with E-state index < -0.39 is 47.4 Å². The van der Waals surface area contributed by atoms with Gasteiger partial charge in [-0.1, -0.05) is 6.58 Å². The zero-order valence-corrected chi connectivity index (χ0v) is 14.7. The van der Waals surface area contributed by atoms with E-state index in [1.165, 1.54) is 27.7 Å². The quantitative estimate of drug-likeness (QED) is 0.524. The minimum absolute atomic E-state index is 0.0818. The fraction of sp³-hybridized carbons (Fsp3) is 0.600. The molecule has 0 aromatic heterocycles. The van der Waals surface area contributed by atoms with Gasteiger partial charge in [-0.05, 0) is 0 Å². The molecular formula is C15H20O8S. The Morgan fingerprint density at radius 1 is 0.875 bits per heavy atom. The van der Waals surface area contributed by atoms with Crippen LogP contribution in [-0.2, 0) is 38.1 Å². The molecule has 1 saturated heterocycles. The van der Waals surface area contributed by atoms with Gasteiger partial charge >= 0.3 is 23.9 Å². The number of ether oxygens (including phenoxy) is 4. The molecule has 0 radical (unpaired) electrons. The van der Waals surface area contributed by atoms with Gasteiger partial charge in [0, 0.05) is 32.6 Å². The normalized spacial score (nSPS) is 26.2. The number of hydrogen-bond donors (Lipinski definition) is 0. The summed E-state index contributed by atoms with van der Waals surface area (Å²) in [6.45, 7) is 8.55. The molecule has 1 aliphatic heterocycles. The molecule has 0 aromatic carbocycles. The van der Waals surface area contributed by atoms with Gasteiger partial charge in [0.1, 0.15) is 6.61 Å². The molecule has 1 aliphatic rings. The van der Waals surface area contributed by atoms with Gasteiger partial charge in [-0.3, -0.25) is 19.2 Å². The van der Waals surface area contributed by atoms with Crippen molar-refractivity contribution < 1.29 is 38.1 Å². The summed E-state index contributed by atoms with van der Waals surface area (Å²) in [5.74, 6) is -2.35. The van der Waals surface area contributed by atoms with Crippen LogP contribution in [0.25, 0.3) is 0 Å². The fourth-order valence-corrected chi connectivity index (χ4v) is 3.38. The van der Waals surface area contributed by atoms with E-state index in [9.17, 15) is 19.2 Å². The first kappa shape index (κ1) is 20.0. The van der Waals surface area contributed by atoms with E-state index in [4.69, 9.17) is 18.9 Å². The highest BCUT2D eigenvalue weighted by molar-refractivity contribution is 8.03. The molecule has 0 spiro atoms. The Morgan fingerprint density at radius 3 is 1.83 bits per heavy atom. The highest BCUT2D eigenvalue weighted by Gasteiger charge is 2.48. The summed E-state index contributed by atoms with van der Waals surface area (Å²) in [5.41, 5.74) is 0. The summed E-state index contributed by atoms with van der Waals surface area (Å²) in [6.07, 6.45) is -3.02. The maximum atomic E-state index is 11.4. The second kappa shape index (κ2) is 8.72. The Labute approximate surface area is 143 Å². The summed E-state index contributed by atoms with van der Waals surface area (Å²) in [7, 11) is 0. The number of carbonyl (C=O) groups excluding carboxylic acids is 4. The van der Waals surface area contributed by atoms with E-state index in [2.05, 4.69) is 6.58 Å². The van der Waals surface area contributed by atoms with Crippen LogP contribution in [-0.4, -0.2) is 54.0 Å². The predicted octanol–water partition coefficient (Wildman–Crippen LogP) is 0.974. The van der Waals surface area contributed by atoms with E-state index in [0.29, 0.717) is 4.91 Å². The van der Waals surface area contributed by atoms with Gasteiger partial charge in [0.25, 0.3) is 0 Å². The fourth-order valence-electron chi connectivity index (χ4n) is 2.19. The van der Waals surface area contributed by atoms with E-state index in [1.54, 1.807) is 0 Å². The van der Waals surface area contributed by atoms with Gasteiger partial charge in [0.15, 0.2) is 18.3 Å². The lowest BCUT2D eigenvalue weighted by atomic mass is 10.0. The largest absolute Gasteiger partial charge is 0.465 e. The Balaban J connectivity index is 3.13. The molecule has 0 amide bonds. The van der Waals surface area contributed by atoms with Crippen LogP contribution < -0.4 is 0 Å². The van der Waals surface area contributed by atoms with Crippen LogP contribution in [0.5, 0.6) is 0 Å². The van der Waals surface area contributed by atoms with Gasteiger partial charge in [0.05, 0.1) is 5.25 Å². The smallest absolute Gasteiger partial charge is 0.303 e. The van der Waals surface area contributed by atoms with Crippen molar-refractivity contribution in [2.24, 2.45) is 0 Å².